The number of aryl methyl sites for hydroxylation is 1. The molecule has 3 rings (SSSR count). The quantitative estimate of drug-likeness (QED) is 0.877. The van der Waals surface area contributed by atoms with E-state index in [2.05, 4.69) is 19.1 Å². The molecule has 2 nitrogen and oxygen atoms in total. The van der Waals surface area contributed by atoms with E-state index in [1.807, 2.05) is 12.1 Å². The second kappa shape index (κ2) is 5.26. The molecule has 0 amide bonds. The number of aliphatic hydroxyl groups is 1. The van der Waals surface area contributed by atoms with Gasteiger partial charge in [0.05, 0.1) is 11.7 Å². The summed E-state index contributed by atoms with van der Waals surface area (Å²) < 4.78 is 6.06. The number of aliphatic hydroxyl groups excluding tert-OH is 1. The summed E-state index contributed by atoms with van der Waals surface area (Å²) in [7, 11) is 0. The van der Waals surface area contributed by atoms with Crippen molar-refractivity contribution in [2.45, 2.75) is 57.2 Å². The SMILES string of the molecule is Cc1ccccc1C(O)C1CCOC2(CCCC2)C1. The highest BCUT2D eigenvalue weighted by Gasteiger charge is 2.42. The van der Waals surface area contributed by atoms with Crippen LogP contribution < -0.4 is 0 Å². The molecule has 104 valence electrons. The van der Waals surface area contributed by atoms with E-state index >= 15 is 0 Å². The van der Waals surface area contributed by atoms with Crippen LogP contribution in [0.2, 0.25) is 0 Å². The molecular weight excluding hydrogens is 236 g/mol. The molecule has 0 aromatic heterocycles. The minimum absolute atomic E-state index is 0.0899. The number of ether oxygens (including phenoxy) is 1. The molecule has 1 heterocycles. The molecule has 2 aliphatic rings. The Balaban J connectivity index is 1.76. The van der Waals surface area contributed by atoms with Crippen LogP contribution in [0.4, 0.5) is 0 Å². The van der Waals surface area contributed by atoms with E-state index in [-0.39, 0.29) is 11.7 Å². The van der Waals surface area contributed by atoms with Crippen molar-refractivity contribution in [2.24, 2.45) is 5.92 Å². The van der Waals surface area contributed by atoms with Gasteiger partial charge in [0.2, 0.25) is 0 Å². The second-order valence-electron chi connectivity index (χ2n) is 6.29. The van der Waals surface area contributed by atoms with Gasteiger partial charge in [-0.15, -0.1) is 0 Å². The van der Waals surface area contributed by atoms with E-state index in [1.165, 1.54) is 31.2 Å². The van der Waals surface area contributed by atoms with Crippen LogP contribution in [0.15, 0.2) is 24.3 Å². The van der Waals surface area contributed by atoms with Crippen molar-refractivity contribution in [3.8, 4) is 0 Å². The number of hydrogen-bond donors (Lipinski definition) is 1. The lowest BCUT2D eigenvalue weighted by molar-refractivity contribution is -0.113. The Kier molecular flexibility index (Phi) is 3.64. The third kappa shape index (κ3) is 2.56. The van der Waals surface area contributed by atoms with Gasteiger partial charge in [0.15, 0.2) is 0 Å². The van der Waals surface area contributed by atoms with E-state index in [1.54, 1.807) is 0 Å². The first kappa shape index (κ1) is 13.1. The van der Waals surface area contributed by atoms with Crippen molar-refractivity contribution in [3.05, 3.63) is 35.4 Å². The first-order valence-corrected chi connectivity index (χ1v) is 7.58. The van der Waals surface area contributed by atoms with Gasteiger partial charge in [-0.1, -0.05) is 37.1 Å². The Hall–Kier alpha value is -0.860. The molecular formula is C17H24O2. The molecule has 0 bridgehead atoms. The normalized spacial score (nSPS) is 27.6. The average Bonchev–Trinajstić information content (AvgIpc) is 2.86. The highest BCUT2D eigenvalue weighted by molar-refractivity contribution is 5.28. The Morgan fingerprint density at radius 2 is 2.00 bits per heavy atom. The molecule has 0 radical (unpaired) electrons. The van der Waals surface area contributed by atoms with E-state index in [4.69, 9.17) is 4.74 Å². The number of rotatable bonds is 2. The predicted octanol–water partition coefficient (Wildman–Crippen LogP) is 3.77. The molecule has 2 fully saturated rings. The van der Waals surface area contributed by atoms with Crippen molar-refractivity contribution in [1.29, 1.82) is 0 Å². The van der Waals surface area contributed by atoms with Crippen LogP contribution in [-0.4, -0.2) is 17.3 Å². The predicted molar refractivity (Wildman–Crippen MR) is 76.0 cm³/mol. The van der Waals surface area contributed by atoms with Gasteiger partial charge in [-0.25, -0.2) is 0 Å². The zero-order valence-corrected chi connectivity index (χ0v) is 11.8. The molecule has 2 unspecified atom stereocenters. The zero-order chi connectivity index (χ0) is 13.3. The lowest BCUT2D eigenvalue weighted by Gasteiger charge is -2.40. The minimum atomic E-state index is -0.331. The molecule has 2 heteroatoms. The largest absolute Gasteiger partial charge is 0.388 e. The summed E-state index contributed by atoms with van der Waals surface area (Å²) in [6.07, 6.45) is 6.62. The second-order valence-corrected chi connectivity index (χ2v) is 6.29. The van der Waals surface area contributed by atoms with Gasteiger partial charge in [0, 0.05) is 6.61 Å². The lowest BCUT2D eigenvalue weighted by Crippen LogP contribution is -2.39. The fourth-order valence-electron chi connectivity index (χ4n) is 3.88. The van der Waals surface area contributed by atoms with Crippen molar-refractivity contribution >= 4 is 0 Å². The molecule has 19 heavy (non-hydrogen) atoms. The van der Waals surface area contributed by atoms with E-state index < -0.39 is 0 Å². The van der Waals surface area contributed by atoms with Gasteiger partial charge >= 0.3 is 0 Å². The third-order valence-electron chi connectivity index (χ3n) is 5.00. The fourth-order valence-corrected chi connectivity index (χ4v) is 3.88. The van der Waals surface area contributed by atoms with Crippen molar-refractivity contribution in [2.75, 3.05) is 6.61 Å². The summed E-state index contributed by atoms with van der Waals surface area (Å²) in [5.74, 6) is 0.355. The molecule has 1 aliphatic heterocycles. The Labute approximate surface area is 115 Å². The highest BCUT2D eigenvalue weighted by atomic mass is 16.5. The van der Waals surface area contributed by atoms with Crippen molar-refractivity contribution < 1.29 is 9.84 Å². The maximum Gasteiger partial charge on any atom is 0.0822 e. The van der Waals surface area contributed by atoms with Crippen molar-refractivity contribution in [1.82, 2.24) is 0 Å². The van der Waals surface area contributed by atoms with E-state index in [0.717, 1.165) is 25.0 Å². The van der Waals surface area contributed by atoms with E-state index in [9.17, 15) is 5.11 Å². The molecule has 1 saturated heterocycles. The summed E-state index contributed by atoms with van der Waals surface area (Å²) in [5, 5.41) is 10.7. The highest BCUT2D eigenvalue weighted by Crippen LogP contribution is 2.45. The monoisotopic (exact) mass is 260 g/mol. The molecule has 1 saturated carbocycles. The van der Waals surface area contributed by atoms with Crippen LogP contribution >= 0.6 is 0 Å². The van der Waals surface area contributed by atoms with Gasteiger partial charge in [-0.3, -0.25) is 0 Å². The third-order valence-corrected chi connectivity index (χ3v) is 5.00. The van der Waals surface area contributed by atoms with Gasteiger partial charge < -0.3 is 9.84 Å². The van der Waals surface area contributed by atoms with Crippen LogP contribution in [-0.2, 0) is 4.74 Å². The number of benzene rings is 1. The van der Waals surface area contributed by atoms with Crippen molar-refractivity contribution in [3.63, 3.8) is 0 Å². The summed E-state index contributed by atoms with van der Waals surface area (Å²) >= 11 is 0. The topological polar surface area (TPSA) is 29.5 Å². The van der Waals surface area contributed by atoms with Gasteiger partial charge in [-0.05, 0) is 49.7 Å². The zero-order valence-electron chi connectivity index (χ0n) is 11.8. The van der Waals surface area contributed by atoms with Crippen LogP contribution in [0.3, 0.4) is 0 Å². The Bertz CT molecular complexity index is 435. The fraction of sp³-hybridized carbons (Fsp3) is 0.647. The smallest absolute Gasteiger partial charge is 0.0822 e. The molecule has 1 aliphatic carbocycles. The van der Waals surface area contributed by atoms with Crippen LogP contribution in [0.1, 0.15) is 55.8 Å². The summed E-state index contributed by atoms with van der Waals surface area (Å²) in [4.78, 5) is 0. The van der Waals surface area contributed by atoms with E-state index in [0.29, 0.717) is 5.92 Å². The van der Waals surface area contributed by atoms with Gasteiger partial charge in [0.25, 0.3) is 0 Å². The summed E-state index contributed by atoms with van der Waals surface area (Å²) in [6, 6.07) is 8.21. The Morgan fingerprint density at radius 3 is 2.74 bits per heavy atom. The minimum Gasteiger partial charge on any atom is -0.388 e. The van der Waals surface area contributed by atoms with Crippen LogP contribution in [0, 0.1) is 12.8 Å². The van der Waals surface area contributed by atoms with Gasteiger partial charge in [0.1, 0.15) is 0 Å². The molecule has 2 atom stereocenters. The van der Waals surface area contributed by atoms with Crippen LogP contribution in [0.5, 0.6) is 0 Å². The molecule has 1 aromatic carbocycles. The standard InChI is InChI=1S/C17H24O2/c1-13-6-2-3-7-15(13)16(18)14-8-11-19-17(12-14)9-4-5-10-17/h2-3,6-7,14,16,18H,4-5,8-12H2,1H3. The first-order chi connectivity index (χ1) is 9.20. The molecule has 1 aromatic rings. The van der Waals surface area contributed by atoms with Gasteiger partial charge in [-0.2, -0.15) is 0 Å². The summed E-state index contributed by atoms with van der Waals surface area (Å²) in [6.45, 7) is 2.90. The Morgan fingerprint density at radius 1 is 1.26 bits per heavy atom. The maximum absolute atomic E-state index is 10.7. The molecule has 1 spiro atoms. The first-order valence-electron chi connectivity index (χ1n) is 7.58. The summed E-state index contributed by atoms with van der Waals surface area (Å²) in [5.41, 5.74) is 2.39. The number of hydrogen-bond acceptors (Lipinski definition) is 2. The average molecular weight is 260 g/mol. The van der Waals surface area contributed by atoms with Crippen LogP contribution in [0.25, 0.3) is 0 Å². The molecule has 1 N–H and O–H groups in total. The maximum atomic E-state index is 10.7. The lowest BCUT2D eigenvalue weighted by atomic mass is 9.79.